The molecule has 3 heterocycles. The summed E-state index contributed by atoms with van der Waals surface area (Å²) >= 11 is 1.23. The highest BCUT2D eigenvalue weighted by atomic mass is 32.2. The minimum atomic E-state index is -3.40. The van der Waals surface area contributed by atoms with E-state index in [1.807, 2.05) is 6.07 Å². The maximum Gasteiger partial charge on any atom is 0.252 e. The maximum absolute atomic E-state index is 12.4. The molecule has 0 spiro atoms. The number of likely N-dealkylation sites (N-methyl/N-ethyl adjacent to an activating group) is 1. The molecule has 7 nitrogen and oxygen atoms in total. The van der Waals surface area contributed by atoms with Gasteiger partial charge in [-0.1, -0.05) is 6.07 Å². The summed E-state index contributed by atoms with van der Waals surface area (Å²) < 4.78 is 26.5. The molecule has 0 bridgehead atoms. The Bertz CT molecular complexity index is 774. The van der Waals surface area contributed by atoms with E-state index in [1.54, 1.807) is 30.9 Å². The second kappa shape index (κ2) is 8.11. The molecular formula is C16H23N5O2S2. The largest absolute Gasteiger partial charge is 0.369 e. The zero-order valence-corrected chi connectivity index (χ0v) is 15.9. The average molecular weight is 382 g/mol. The predicted molar refractivity (Wildman–Crippen MR) is 101 cm³/mol. The van der Waals surface area contributed by atoms with E-state index in [2.05, 4.69) is 20.2 Å². The standard InChI is InChI=1S/C16H23N5O2S2/c1-20(25(22,23)16-6-5-11-24-16)10-7-17-14-12-15(19-13-18-14)21-8-3-2-4-9-21/h5-6,11-13H,2-4,7-10H2,1H3,(H,17,18,19). The summed E-state index contributed by atoms with van der Waals surface area (Å²) in [5.41, 5.74) is 0. The third-order valence-electron chi connectivity index (χ3n) is 4.23. The highest BCUT2D eigenvalue weighted by molar-refractivity contribution is 7.91. The minimum Gasteiger partial charge on any atom is -0.369 e. The van der Waals surface area contributed by atoms with E-state index < -0.39 is 10.0 Å². The first-order valence-electron chi connectivity index (χ1n) is 8.38. The Hall–Kier alpha value is -1.71. The molecule has 136 valence electrons. The smallest absolute Gasteiger partial charge is 0.252 e. The monoisotopic (exact) mass is 381 g/mol. The van der Waals surface area contributed by atoms with Gasteiger partial charge in [-0.25, -0.2) is 18.4 Å². The summed E-state index contributed by atoms with van der Waals surface area (Å²) in [6.45, 7) is 2.90. The molecule has 1 N–H and O–H groups in total. The second-order valence-electron chi connectivity index (χ2n) is 5.99. The van der Waals surface area contributed by atoms with Gasteiger partial charge < -0.3 is 10.2 Å². The lowest BCUT2D eigenvalue weighted by molar-refractivity contribution is 0.482. The Morgan fingerprint density at radius 3 is 2.80 bits per heavy atom. The fraction of sp³-hybridized carbons (Fsp3) is 0.500. The van der Waals surface area contributed by atoms with Crippen molar-refractivity contribution in [2.45, 2.75) is 23.5 Å². The molecule has 0 atom stereocenters. The van der Waals surface area contributed by atoms with Crippen molar-refractivity contribution >= 4 is 33.0 Å². The lowest BCUT2D eigenvalue weighted by Gasteiger charge is -2.27. The minimum absolute atomic E-state index is 0.364. The molecule has 1 aliphatic heterocycles. The van der Waals surface area contributed by atoms with Crippen LogP contribution < -0.4 is 10.2 Å². The molecule has 1 fully saturated rings. The Kier molecular flexibility index (Phi) is 5.87. The highest BCUT2D eigenvalue weighted by Gasteiger charge is 2.21. The van der Waals surface area contributed by atoms with Gasteiger partial charge in [0, 0.05) is 39.3 Å². The lowest BCUT2D eigenvalue weighted by Crippen LogP contribution is -2.31. The zero-order chi connectivity index (χ0) is 17.7. The molecule has 1 aliphatic rings. The topological polar surface area (TPSA) is 78.4 Å². The van der Waals surface area contributed by atoms with Crippen LogP contribution in [0.1, 0.15) is 19.3 Å². The summed E-state index contributed by atoms with van der Waals surface area (Å²) in [6.07, 6.45) is 5.21. The van der Waals surface area contributed by atoms with Gasteiger partial charge in [0.25, 0.3) is 10.0 Å². The van der Waals surface area contributed by atoms with Crippen molar-refractivity contribution in [3.8, 4) is 0 Å². The number of anilines is 2. The van der Waals surface area contributed by atoms with Crippen molar-refractivity contribution in [1.29, 1.82) is 0 Å². The van der Waals surface area contributed by atoms with Gasteiger partial charge >= 0.3 is 0 Å². The third-order valence-corrected chi connectivity index (χ3v) is 7.46. The SMILES string of the molecule is CN(CCNc1cc(N2CCCCC2)ncn1)S(=O)(=O)c1cccs1. The molecule has 2 aromatic rings. The summed E-state index contributed by atoms with van der Waals surface area (Å²) in [5.74, 6) is 1.65. The van der Waals surface area contributed by atoms with E-state index in [-0.39, 0.29) is 0 Å². The van der Waals surface area contributed by atoms with Crippen molar-refractivity contribution in [1.82, 2.24) is 14.3 Å². The average Bonchev–Trinajstić information content (AvgIpc) is 3.18. The maximum atomic E-state index is 12.4. The van der Waals surface area contributed by atoms with Crippen LogP contribution in [0, 0.1) is 0 Å². The van der Waals surface area contributed by atoms with Crippen molar-refractivity contribution in [3.05, 3.63) is 29.9 Å². The normalized spacial score (nSPS) is 15.5. The first kappa shape index (κ1) is 18.1. The van der Waals surface area contributed by atoms with Crippen LogP contribution in [0.3, 0.4) is 0 Å². The second-order valence-corrected chi connectivity index (χ2v) is 9.21. The van der Waals surface area contributed by atoms with Crippen LogP contribution >= 0.6 is 11.3 Å². The van der Waals surface area contributed by atoms with Crippen molar-refractivity contribution < 1.29 is 8.42 Å². The molecule has 0 radical (unpaired) electrons. The molecule has 9 heteroatoms. The number of thiophene rings is 1. The molecule has 0 aromatic carbocycles. The van der Waals surface area contributed by atoms with Crippen LogP contribution in [0.25, 0.3) is 0 Å². The van der Waals surface area contributed by atoms with Crippen LogP contribution in [0.2, 0.25) is 0 Å². The molecule has 0 unspecified atom stereocenters. The molecule has 2 aromatic heterocycles. The van der Waals surface area contributed by atoms with Gasteiger partial charge in [-0.2, -0.15) is 4.31 Å². The summed E-state index contributed by atoms with van der Waals surface area (Å²) in [4.78, 5) is 10.8. The Balaban J connectivity index is 1.55. The first-order chi connectivity index (χ1) is 12.1. The Morgan fingerprint density at radius 1 is 1.28 bits per heavy atom. The van der Waals surface area contributed by atoms with Crippen LogP contribution in [0.15, 0.2) is 34.1 Å². The number of nitrogens with one attached hydrogen (secondary N) is 1. The van der Waals surface area contributed by atoms with E-state index in [0.29, 0.717) is 17.3 Å². The number of rotatable bonds is 7. The fourth-order valence-corrected chi connectivity index (χ4v) is 5.14. The third kappa shape index (κ3) is 4.47. The Labute approximate surface area is 152 Å². The summed E-state index contributed by atoms with van der Waals surface area (Å²) in [5, 5.41) is 4.96. The van der Waals surface area contributed by atoms with E-state index in [0.717, 1.165) is 24.7 Å². The Morgan fingerprint density at radius 2 is 2.08 bits per heavy atom. The number of aromatic nitrogens is 2. The van der Waals surface area contributed by atoms with Crippen molar-refractivity contribution in [2.24, 2.45) is 0 Å². The van der Waals surface area contributed by atoms with Gasteiger partial charge in [0.1, 0.15) is 22.2 Å². The quantitative estimate of drug-likeness (QED) is 0.793. The van der Waals surface area contributed by atoms with E-state index in [1.165, 1.54) is 34.9 Å². The van der Waals surface area contributed by atoms with Gasteiger partial charge in [0.05, 0.1) is 0 Å². The van der Waals surface area contributed by atoms with Gasteiger partial charge in [0.15, 0.2) is 0 Å². The lowest BCUT2D eigenvalue weighted by atomic mass is 10.1. The van der Waals surface area contributed by atoms with E-state index in [4.69, 9.17) is 0 Å². The van der Waals surface area contributed by atoms with Crippen LogP contribution in [0.5, 0.6) is 0 Å². The van der Waals surface area contributed by atoms with Crippen LogP contribution in [-0.4, -0.2) is 55.9 Å². The van der Waals surface area contributed by atoms with Gasteiger partial charge in [-0.05, 0) is 30.7 Å². The molecule has 1 saturated heterocycles. The fourth-order valence-electron chi connectivity index (χ4n) is 2.77. The molecular weight excluding hydrogens is 358 g/mol. The number of nitrogens with zero attached hydrogens (tertiary/aromatic N) is 4. The predicted octanol–water partition coefficient (Wildman–Crippen LogP) is 2.26. The van der Waals surface area contributed by atoms with Crippen molar-refractivity contribution in [3.63, 3.8) is 0 Å². The van der Waals surface area contributed by atoms with Gasteiger partial charge in [-0.3, -0.25) is 0 Å². The summed E-state index contributed by atoms with van der Waals surface area (Å²) in [7, 11) is -1.81. The molecule has 0 amide bonds. The zero-order valence-electron chi connectivity index (χ0n) is 14.3. The molecule has 0 saturated carbocycles. The number of hydrogen-bond donors (Lipinski definition) is 1. The first-order valence-corrected chi connectivity index (χ1v) is 10.7. The van der Waals surface area contributed by atoms with Gasteiger partial charge in [-0.15, -0.1) is 11.3 Å². The molecule has 3 rings (SSSR count). The van der Waals surface area contributed by atoms with Crippen LogP contribution in [-0.2, 0) is 10.0 Å². The van der Waals surface area contributed by atoms with Crippen molar-refractivity contribution in [2.75, 3.05) is 43.4 Å². The van der Waals surface area contributed by atoms with Crippen LogP contribution in [0.4, 0.5) is 11.6 Å². The summed E-state index contributed by atoms with van der Waals surface area (Å²) in [6, 6.07) is 5.30. The number of sulfonamides is 1. The highest BCUT2D eigenvalue weighted by Crippen LogP contribution is 2.20. The van der Waals surface area contributed by atoms with E-state index >= 15 is 0 Å². The van der Waals surface area contributed by atoms with E-state index in [9.17, 15) is 8.42 Å². The number of hydrogen-bond acceptors (Lipinski definition) is 7. The molecule has 25 heavy (non-hydrogen) atoms. The van der Waals surface area contributed by atoms with Gasteiger partial charge in [0.2, 0.25) is 0 Å². The number of piperidine rings is 1. The molecule has 0 aliphatic carbocycles.